The molecule has 2 aromatic rings. The number of benzene rings is 1. The molecule has 104 valence electrons. The predicted octanol–water partition coefficient (Wildman–Crippen LogP) is 2.39. The van der Waals surface area contributed by atoms with E-state index in [-0.39, 0.29) is 5.91 Å². The van der Waals surface area contributed by atoms with Crippen molar-refractivity contribution in [1.82, 2.24) is 9.78 Å². The molecule has 20 heavy (non-hydrogen) atoms. The van der Waals surface area contributed by atoms with E-state index in [4.69, 9.17) is 4.74 Å². The standard InChI is InChI=1S/C15H17N3O2/c1-11-12(10-18(2)17-11)7-8-15(19)16-13-5-4-6-14(9-13)20-3/h4-10H,1-3H3,(H,16,19). The fourth-order valence-electron chi connectivity index (χ4n) is 1.83. The Morgan fingerprint density at radius 2 is 2.25 bits per heavy atom. The molecule has 1 amide bonds. The number of aryl methyl sites for hydroxylation is 2. The summed E-state index contributed by atoms with van der Waals surface area (Å²) in [6.45, 7) is 1.90. The summed E-state index contributed by atoms with van der Waals surface area (Å²) in [6, 6.07) is 7.22. The summed E-state index contributed by atoms with van der Waals surface area (Å²) in [5.41, 5.74) is 2.51. The lowest BCUT2D eigenvalue weighted by Crippen LogP contribution is -2.07. The highest BCUT2D eigenvalue weighted by Crippen LogP contribution is 2.16. The molecule has 0 aliphatic heterocycles. The van der Waals surface area contributed by atoms with Crippen LogP contribution in [0, 0.1) is 6.92 Å². The van der Waals surface area contributed by atoms with Gasteiger partial charge in [0.15, 0.2) is 0 Å². The van der Waals surface area contributed by atoms with Gasteiger partial charge < -0.3 is 10.1 Å². The first-order chi connectivity index (χ1) is 9.58. The molecule has 0 unspecified atom stereocenters. The van der Waals surface area contributed by atoms with E-state index in [1.807, 2.05) is 38.4 Å². The lowest BCUT2D eigenvalue weighted by Gasteiger charge is -2.04. The van der Waals surface area contributed by atoms with Gasteiger partial charge in [-0.2, -0.15) is 5.10 Å². The molecule has 0 aliphatic carbocycles. The summed E-state index contributed by atoms with van der Waals surface area (Å²) in [5.74, 6) is 0.511. The number of amides is 1. The van der Waals surface area contributed by atoms with Gasteiger partial charge in [0.05, 0.1) is 12.8 Å². The molecule has 0 spiro atoms. The number of carbonyl (C=O) groups is 1. The van der Waals surface area contributed by atoms with Crippen LogP contribution >= 0.6 is 0 Å². The molecule has 1 aromatic heterocycles. The Morgan fingerprint density at radius 3 is 2.90 bits per heavy atom. The zero-order valence-corrected chi connectivity index (χ0v) is 11.8. The smallest absolute Gasteiger partial charge is 0.248 e. The van der Waals surface area contributed by atoms with Gasteiger partial charge in [-0.1, -0.05) is 6.07 Å². The molecule has 0 radical (unpaired) electrons. The topological polar surface area (TPSA) is 56.1 Å². The number of anilines is 1. The van der Waals surface area contributed by atoms with Crippen LogP contribution in [0.2, 0.25) is 0 Å². The highest BCUT2D eigenvalue weighted by atomic mass is 16.5. The number of methoxy groups -OCH3 is 1. The van der Waals surface area contributed by atoms with Crippen LogP contribution in [0.1, 0.15) is 11.3 Å². The van der Waals surface area contributed by atoms with E-state index in [0.29, 0.717) is 11.4 Å². The van der Waals surface area contributed by atoms with Crippen molar-refractivity contribution in [3.8, 4) is 5.75 Å². The third-order valence-corrected chi connectivity index (χ3v) is 2.80. The number of nitrogens with zero attached hydrogens (tertiary/aromatic N) is 2. The Hall–Kier alpha value is -2.56. The first kappa shape index (κ1) is 13.9. The van der Waals surface area contributed by atoms with Crippen molar-refractivity contribution in [3.05, 3.63) is 47.8 Å². The first-order valence-electron chi connectivity index (χ1n) is 6.22. The van der Waals surface area contributed by atoms with Crippen molar-refractivity contribution >= 4 is 17.7 Å². The van der Waals surface area contributed by atoms with Crippen molar-refractivity contribution < 1.29 is 9.53 Å². The van der Waals surface area contributed by atoms with Crippen LogP contribution in [0.4, 0.5) is 5.69 Å². The largest absolute Gasteiger partial charge is 0.497 e. The van der Waals surface area contributed by atoms with Gasteiger partial charge in [-0.15, -0.1) is 0 Å². The average molecular weight is 271 g/mol. The van der Waals surface area contributed by atoms with E-state index < -0.39 is 0 Å². The van der Waals surface area contributed by atoms with Crippen LogP contribution < -0.4 is 10.1 Å². The molecule has 5 nitrogen and oxygen atoms in total. The summed E-state index contributed by atoms with van der Waals surface area (Å²) >= 11 is 0. The minimum Gasteiger partial charge on any atom is -0.497 e. The molecular weight excluding hydrogens is 254 g/mol. The predicted molar refractivity (Wildman–Crippen MR) is 78.6 cm³/mol. The fourth-order valence-corrected chi connectivity index (χ4v) is 1.83. The molecule has 2 rings (SSSR count). The third-order valence-electron chi connectivity index (χ3n) is 2.80. The minimum atomic E-state index is -0.193. The van der Waals surface area contributed by atoms with Crippen molar-refractivity contribution in [3.63, 3.8) is 0 Å². The van der Waals surface area contributed by atoms with Gasteiger partial charge in [0.25, 0.3) is 0 Å². The summed E-state index contributed by atoms with van der Waals surface area (Å²) in [4.78, 5) is 11.8. The number of hydrogen-bond acceptors (Lipinski definition) is 3. The van der Waals surface area contributed by atoms with Gasteiger partial charge in [-0.05, 0) is 25.1 Å². The molecule has 1 heterocycles. The van der Waals surface area contributed by atoms with Gasteiger partial charge in [0.1, 0.15) is 5.75 Å². The van der Waals surface area contributed by atoms with Crippen molar-refractivity contribution in [1.29, 1.82) is 0 Å². The van der Waals surface area contributed by atoms with Crippen LogP contribution in [0.5, 0.6) is 5.75 Å². The van der Waals surface area contributed by atoms with Gasteiger partial charge >= 0.3 is 0 Å². The second-order valence-electron chi connectivity index (χ2n) is 4.40. The monoisotopic (exact) mass is 271 g/mol. The minimum absolute atomic E-state index is 0.193. The molecule has 0 atom stereocenters. The van der Waals surface area contributed by atoms with E-state index in [1.165, 1.54) is 6.08 Å². The lowest BCUT2D eigenvalue weighted by molar-refractivity contribution is -0.111. The molecule has 5 heteroatoms. The maximum atomic E-state index is 11.8. The third kappa shape index (κ3) is 3.47. The van der Waals surface area contributed by atoms with Crippen LogP contribution in [0.3, 0.4) is 0 Å². The van der Waals surface area contributed by atoms with Crippen LogP contribution in [-0.4, -0.2) is 22.8 Å². The van der Waals surface area contributed by atoms with E-state index in [1.54, 1.807) is 23.9 Å². The molecule has 1 N–H and O–H groups in total. The maximum absolute atomic E-state index is 11.8. The van der Waals surface area contributed by atoms with E-state index in [0.717, 1.165) is 11.3 Å². The molecule has 0 saturated carbocycles. The molecule has 1 aromatic carbocycles. The summed E-state index contributed by atoms with van der Waals surface area (Å²) < 4.78 is 6.82. The van der Waals surface area contributed by atoms with Crippen LogP contribution in [-0.2, 0) is 11.8 Å². The maximum Gasteiger partial charge on any atom is 0.248 e. The SMILES string of the molecule is COc1cccc(NC(=O)C=Cc2cn(C)nc2C)c1. The second kappa shape index (κ2) is 6.06. The Bertz CT molecular complexity index is 644. The normalized spacial score (nSPS) is 10.8. The van der Waals surface area contributed by atoms with Crippen LogP contribution in [0.25, 0.3) is 6.08 Å². The number of aromatic nitrogens is 2. The molecule has 0 aliphatic rings. The molecular formula is C15H17N3O2. The summed E-state index contributed by atoms with van der Waals surface area (Å²) in [6.07, 6.45) is 5.10. The second-order valence-corrected chi connectivity index (χ2v) is 4.40. The highest BCUT2D eigenvalue weighted by molar-refractivity contribution is 6.02. The quantitative estimate of drug-likeness (QED) is 0.869. The number of ether oxygens (including phenoxy) is 1. The zero-order valence-electron chi connectivity index (χ0n) is 11.8. The molecule has 0 fully saturated rings. The highest BCUT2D eigenvalue weighted by Gasteiger charge is 2.02. The Morgan fingerprint density at radius 1 is 1.45 bits per heavy atom. The zero-order chi connectivity index (χ0) is 14.5. The summed E-state index contributed by atoms with van der Waals surface area (Å²) in [5, 5.41) is 6.99. The van der Waals surface area contributed by atoms with Crippen molar-refractivity contribution in [2.24, 2.45) is 7.05 Å². The molecule has 0 saturated heterocycles. The van der Waals surface area contributed by atoms with E-state index >= 15 is 0 Å². The Labute approximate surface area is 117 Å². The number of carbonyl (C=O) groups excluding carboxylic acids is 1. The number of hydrogen-bond donors (Lipinski definition) is 1. The summed E-state index contributed by atoms with van der Waals surface area (Å²) in [7, 11) is 3.44. The fraction of sp³-hybridized carbons (Fsp3) is 0.200. The lowest BCUT2D eigenvalue weighted by atomic mass is 10.2. The average Bonchev–Trinajstić information content (AvgIpc) is 2.75. The number of rotatable bonds is 4. The van der Waals surface area contributed by atoms with Crippen LogP contribution in [0.15, 0.2) is 36.5 Å². The van der Waals surface area contributed by atoms with Gasteiger partial charge in [-0.25, -0.2) is 0 Å². The van der Waals surface area contributed by atoms with Crippen molar-refractivity contribution in [2.45, 2.75) is 6.92 Å². The number of nitrogens with one attached hydrogen (secondary N) is 1. The van der Waals surface area contributed by atoms with E-state index in [2.05, 4.69) is 10.4 Å². The molecule has 0 bridgehead atoms. The van der Waals surface area contributed by atoms with Crippen molar-refractivity contribution in [2.75, 3.05) is 12.4 Å². The Balaban J connectivity index is 2.03. The van der Waals surface area contributed by atoms with Gasteiger partial charge in [-0.3, -0.25) is 9.48 Å². The Kier molecular flexibility index (Phi) is 4.20. The van der Waals surface area contributed by atoms with E-state index in [9.17, 15) is 4.79 Å². The van der Waals surface area contributed by atoms with Gasteiger partial charge in [0, 0.05) is 36.6 Å². The van der Waals surface area contributed by atoms with Gasteiger partial charge in [0.2, 0.25) is 5.91 Å². The first-order valence-corrected chi connectivity index (χ1v) is 6.22.